The van der Waals surface area contributed by atoms with E-state index in [9.17, 15) is 0 Å². The highest BCUT2D eigenvalue weighted by Gasteiger charge is 2.45. The molecule has 0 amide bonds. The molecule has 2 rings (SSSR count). The molecule has 3 heteroatoms. The SMILES string of the molecule is NCC1(c2ccon2)CC1. The smallest absolute Gasteiger partial charge is 0.124 e. The largest absolute Gasteiger partial charge is 0.364 e. The number of nitrogens with zero attached hydrogens (tertiary/aromatic N) is 1. The Labute approximate surface area is 59.2 Å². The van der Waals surface area contributed by atoms with E-state index in [1.165, 1.54) is 0 Å². The van der Waals surface area contributed by atoms with Crippen LogP contribution in [0.25, 0.3) is 0 Å². The first-order valence-electron chi connectivity index (χ1n) is 3.48. The lowest BCUT2D eigenvalue weighted by atomic mass is 10.0. The highest BCUT2D eigenvalue weighted by atomic mass is 16.5. The molecule has 0 bridgehead atoms. The summed E-state index contributed by atoms with van der Waals surface area (Å²) in [6.45, 7) is 0.694. The van der Waals surface area contributed by atoms with Gasteiger partial charge in [-0.15, -0.1) is 0 Å². The van der Waals surface area contributed by atoms with E-state index < -0.39 is 0 Å². The summed E-state index contributed by atoms with van der Waals surface area (Å²) in [5.74, 6) is 0. The van der Waals surface area contributed by atoms with Gasteiger partial charge < -0.3 is 10.3 Å². The van der Waals surface area contributed by atoms with Crippen LogP contribution >= 0.6 is 0 Å². The van der Waals surface area contributed by atoms with Crippen molar-refractivity contribution in [1.82, 2.24) is 5.16 Å². The molecule has 0 saturated heterocycles. The fourth-order valence-electron chi connectivity index (χ4n) is 1.20. The van der Waals surface area contributed by atoms with Crippen LogP contribution in [0.15, 0.2) is 16.9 Å². The molecule has 0 unspecified atom stereocenters. The summed E-state index contributed by atoms with van der Waals surface area (Å²) in [5, 5.41) is 3.87. The molecule has 1 aromatic rings. The van der Waals surface area contributed by atoms with Crippen LogP contribution in [-0.2, 0) is 5.41 Å². The average molecular weight is 138 g/mol. The van der Waals surface area contributed by atoms with Gasteiger partial charge in [0, 0.05) is 18.0 Å². The summed E-state index contributed by atoms with van der Waals surface area (Å²) in [7, 11) is 0. The van der Waals surface area contributed by atoms with E-state index in [2.05, 4.69) is 5.16 Å². The molecular weight excluding hydrogens is 128 g/mol. The van der Waals surface area contributed by atoms with Gasteiger partial charge in [-0.2, -0.15) is 0 Å². The van der Waals surface area contributed by atoms with Gasteiger partial charge in [0.15, 0.2) is 0 Å². The number of nitrogens with two attached hydrogens (primary N) is 1. The third-order valence-electron chi connectivity index (χ3n) is 2.23. The van der Waals surface area contributed by atoms with E-state index in [0.29, 0.717) is 6.54 Å². The van der Waals surface area contributed by atoms with Crippen LogP contribution in [0.5, 0.6) is 0 Å². The second-order valence-electron chi connectivity index (χ2n) is 2.87. The molecule has 1 saturated carbocycles. The Bertz CT molecular complexity index is 214. The Morgan fingerprint density at radius 2 is 2.50 bits per heavy atom. The van der Waals surface area contributed by atoms with E-state index in [0.717, 1.165) is 18.5 Å². The molecule has 0 atom stereocenters. The van der Waals surface area contributed by atoms with Gasteiger partial charge in [-0.3, -0.25) is 0 Å². The lowest BCUT2D eigenvalue weighted by Crippen LogP contribution is -2.19. The van der Waals surface area contributed by atoms with Crippen LogP contribution in [0.4, 0.5) is 0 Å². The lowest BCUT2D eigenvalue weighted by Gasteiger charge is -2.04. The maximum Gasteiger partial charge on any atom is 0.124 e. The number of hydrogen-bond acceptors (Lipinski definition) is 3. The molecule has 0 aliphatic heterocycles. The minimum Gasteiger partial charge on any atom is -0.364 e. The lowest BCUT2D eigenvalue weighted by molar-refractivity contribution is 0.403. The molecule has 0 aromatic carbocycles. The van der Waals surface area contributed by atoms with Crippen LogP contribution in [-0.4, -0.2) is 11.7 Å². The van der Waals surface area contributed by atoms with Gasteiger partial charge in [-0.1, -0.05) is 5.16 Å². The fourth-order valence-corrected chi connectivity index (χ4v) is 1.20. The van der Waals surface area contributed by atoms with E-state index in [1.54, 1.807) is 6.26 Å². The zero-order valence-electron chi connectivity index (χ0n) is 5.71. The van der Waals surface area contributed by atoms with Crippen molar-refractivity contribution in [1.29, 1.82) is 0 Å². The van der Waals surface area contributed by atoms with Crippen molar-refractivity contribution < 1.29 is 4.52 Å². The van der Waals surface area contributed by atoms with Gasteiger partial charge in [0.05, 0.1) is 5.69 Å². The van der Waals surface area contributed by atoms with Gasteiger partial charge in [0.1, 0.15) is 6.26 Å². The van der Waals surface area contributed by atoms with Crippen molar-refractivity contribution in [3.8, 4) is 0 Å². The minimum absolute atomic E-state index is 0.188. The number of rotatable bonds is 2. The highest BCUT2D eigenvalue weighted by molar-refractivity contribution is 5.22. The Hall–Kier alpha value is -0.830. The van der Waals surface area contributed by atoms with Crippen LogP contribution in [0.2, 0.25) is 0 Å². The van der Waals surface area contributed by atoms with Gasteiger partial charge in [-0.25, -0.2) is 0 Å². The quantitative estimate of drug-likeness (QED) is 0.653. The predicted octanol–water partition coefficient (Wildman–Crippen LogP) is 0.665. The fraction of sp³-hybridized carbons (Fsp3) is 0.571. The molecule has 2 N–H and O–H groups in total. The average Bonchev–Trinajstić information content (AvgIpc) is 2.58. The minimum atomic E-state index is 0.188. The van der Waals surface area contributed by atoms with Crippen LogP contribution in [0.3, 0.4) is 0 Å². The van der Waals surface area contributed by atoms with Gasteiger partial charge >= 0.3 is 0 Å². The van der Waals surface area contributed by atoms with E-state index in [-0.39, 0.29) is 5.41 Å². The molecule has 0 spiro atoms. The Kier molecular flexibility index (Phi) is 1.08. The normalized spacial score (nSPS) is 20.9. The highest BCUT2D eigenvalue weighted by Crippen LogP contribution is 2.46. The Balaban J connectivity index is 2.27. The molecule has 3 nitrogen and oxygen atoms in total. The van der Waals surface area contributed by atoms with Crippen molar-refractivity contribution in [2.45, 2.75) is 18.3 Å². The summed E-state index contributed by atoms with van der Waals surface area (Å²) >= 11 is 0. The first kappa shape index (κ1) is 5.92. The monoisotopic (exact) mass is 138 g/mol. The molecule has 54 valence electrons. The predicted molar refractivity (Wildman–Crippen MR) is 36.5 cm³/mol. The number of aromatic nitrogens is 1. The summed E-state index contributed by atoms with van der Waals surface area (Å²) < 4.78 is 4.74. The van der Waals surface area contributed by atoms with Crippen molar-refractivity contribution >= 4 is 0 Å². The second kappa shape index (κ2) is 1.83. The number of hydrogen-bond donors (Lipinski definition) is 1. The van der Waals surface area contributed by atoms with Crippen molar-refractivity contribution in [2.24, 2.45) is 5.73 Å². The summed E-state index contributed by atoms with van der Waals surface area (Å²) in [6, 6.07) is 1.90. The van der Waals surface area contributed by atoms with Crippen molar-refractivity contribution in [3.63, 3.8) is 0 Å². The molecule has 1 aromatic heterocycles. The van der Waals surface area contributed by atoms with Crippen LogP contribution in [0.1, 0.15) is 18.5 Å². The topological polar surface area (TPSA) is 52.0 Å². The van der Waals surface area contributed by atoms with Crippen molar-refractivity contribution in [2.75, 3.05) is 6.54 Å². The van der Waals surface area contributed by atoms with Crippen LogP contribution in [0, 0.1) is 0 Å². The summed E-state index contributed by atoms with van der Waals surface area (Å²) in [5.41, 5.74) is 6.79. The third kappa shape index (κ3) is 0.671. The molecule has 1 aliphatic carbocycles. The molecule has 0 radical (unpaired) electrons. The van der Waals surface area contributed by atoms with Crippen LogP contribution < -0.4 is 5.73 Å². The molecule has 1 heterocycles. The second-order valence-corrected chi connectivity index (χ2v) is 2.87. The van der Waals surface area contributed by atoms with Gasteiger partial charge in [-0.05, 0) is 12.8 Å². The first-order valence-corrected chi connectivity index (χ1v) is 3.48. The molecule has 1 fully saturated rings. The maximum atomic E-state index is 5.58. The van der Waals surface area contributed by atoms with E-state index in [1.807, 2.05) is 6.07 Å². The maximum absolute atomic E-state index is 5.58. The standard InChI is InChI=1S/C7H10N2O/c8-5-7(2-3-7)6-1-4-10-9-6/h1,4H,2-3,5,8H2. The van der Waals surface area contributed by atoms with Gasteiger partial charge in [0.2, 0.25) is 0 Å². The molecular formula is C7H10N2O. The zero-order chi connectivity index (χ0) is 7.03. The van der Waals surface area contributed by atoms with E-state index >= 15 is 0 Å². The summed E-state index contributed by atoms with van der Waals surface area (Å²) in [6.07, 6.45) is 3.93. The Morgan fingerprint density at radius 3 is 2.90 bits per heavy atom. The molecule has 1 aliphatic rings. The molecule has 10 heavy (non-hydrogen) atoms. The van der Waals surface area contributed by atoms with Gasteiger partial charge in [0.25, 0.3) is 0 Å². The zero-order valence-corrected chi connectivity index (χ0v) is 5.71. The first-order chi connectivity index (χ1) is 4.87. The Morgan fingerprint density at radius 1 is 1.70 bits per heavy atom. The third-order valence-corrected chi connectivity index (χ3v) is 2.23. The van der Waals surface area contributed by atoms with E-state index in [4.69, 9.17) is 10.3 Å². The summed E-state index contributed by atoms with van der Waals surface area (Å²) in [4.78, 5) is 0. The van der Waals surface area contributed by atoms with Crippen molar-refractivity contribution in [3.05, 3.63) is 18.0 Å².